The van der Waals surface area contributed by atoms with Crippen LogP contribution >= 0.6 is 0 Å². The second-order valence-electron chi connectivity index (χ2n) is 5.78. The molecule has 25 heavy (non-hydrogen) atoms. The topological polar surface area (TPSA) is 69.1 Å². The van der Waals surface area contributed by atoms with Crippen molar-refractivity contribution in [1.82, 2.24) is 0 Å². The lowest BCUT2D eigenvalue weighted by atomic mass is 10.4. The summed E-state index contributed by atoms with van der Waals surface area (Å²) in [6.07, 6.45) is 0.425. The lowest BCUT2D eigenvalue weighted by Gasteiger charge is -2.25. The van der Waals surface area contributed by atoms with Gasteiger partial charge in [-0.15, -0.1) is 0 Å². The molecule has 0 aliphatic carbocycles. The molecule has 8 nitrogen and oxygen atoms in total. The summed E-state index contributed by atoms with van der Waals surface area (Å²) in [4.78, 5) is 1.52. The predicted molar refractivity (Wildman–Crippen MR) is 92.1 cm³/mol. The Kier molecular flexibility index (Phi) is 15.6. The second-order valence-corrected chi connectivity index (χ2v) is 5.78. The molecular weight excluding hydrogens is 330 g/mol. The second kappa shape index (κ2) is 17.1. The Morgan fingerprint density at radius 3 is 2.04 bits per heavy atom. The van der Waals surface area contributed by atoms with E-state index < -0.39 is 0 Å². The van der Waals surface area contributed by atoms with E-state index in [2.05, 4.69) is 0 Å². The van der Waals surface area contributed by atoms with Crippen molar-refractivity contribution < 1.29 is 38.1 Å². The molecule has 0 aromatic heterocycles. The summed E-state index contributed by atoms with van der Waals surface area (Å²) in [7, 11) is 3.32. The number of hydrogen-bond donors (Lipinski definition) is 1. The van der Waals surface area contributed by atoms with Gasteiger partial charge in [-0.2, -0.15) is 0 Å². The zero-order chi connectivity index (χ0) is 18.0. The van der Waals surface area contributed by atoms with Crippen LogP contribution in [0.4, 0.5) is 0 Å². The van der Waals surface area contributed by atoms with Crippen LogP contribution in [0.5, 0.6) is 0 Å². The van der Waals surface area contributed by atoms with E-state index >= 15 is 0 Å². The van der Waals surface area contributed by atoms with Gasteiger partial charge in [-0.05, 0) is 0 Å². The van der Waals surface area contributed by atoms with E-state index in [0.29, 0.717) is 59.3 Å². The van der Waals surface area contributed by atoms with Crippen molar-refractivity contribution in [1.29, 1.82) is 0 Å². The standard InChI is InChI=1S/C17H35NO7/c1-19-11-13-21-7-3-17(25-16-15-23-14-12-20-2)24-10-6-18-4-8-22-9-5-18/h17H,3-16H2,1-2H3/p+1. The van der Waals surface area contributed by atoms with E-state index in [9.17, 15) is 0 Å². The van der Waals surface area contributed by atoms with Crippen LogP contribution in [0, 0.1) is 0 Å². The molecule has 0 saturated carbocycles. The van der Waals surface area contributed by atoms with Crippen LogP contribution in [0.25, 0.3) is 0 Å². The minimum atomic E-state index is -0.269. The zero-order valence-electron chi connectivity index (χ0n) is 15.8. The first-order valence-corrected chi connectivity index (χ1v) is 9.14. The van der Waals surface area contributed by atoms with Gasteiger partial charge in [-0.1, -0.05) is 0 Å². The maximum absolute atomic E-state index is 5.90. The first-order chi connectivity index (χ1) is 12.4. The average Bonchev–Trinajstić information content (AvgIpc) is 2.64. The van der Waals surface area contributed by atoms with Gasteiger partial charge in [0.2, 0.25) is 0 Å². The monoisotopic (exact) mass is 366 g/mol. The molecule has 1 atom stereocenters. The lowest BCUT2D eigenvalue weighted by molar-refractivity contribution is -0.908. The van der Waals surface area contributed by atoms with E-state index in [1.54, 1.807) is 14.2 Å². The first-order valence-electron chi connectivity index (χ1n) is 9.14. The van der Waals surface area contributed by atoms with Crippen LogP contribution in [0.3, 0.4) is 0 Å². The summed E-state index contributed by atoms with van der Waals surface area (Å²) < 4.78 is 37.9. The van der Waals surface area contributed by atoms with Gasteiger partial charge in [0, 0.05) is 20.6 Å². The maximum atomic E-state index is 5.90. The molecule has 0 radical (unpaired) electrons. The summed E-state index contributed by atoms with van der Waals surface area (Å²) >= 11 is 0. The molecule has 0 aromatic rings. The molecule has 0 amide bonds. The molecule has 150 valence electrons. The van der Waals surface area contributed by atoms with Crippen molar-refractivity contribution in [2.45, 2.75) is 12.7 Å². The number of quaternary nitrogens is 1. The van der Waals surface area contributed by atoms with Gasteiger partial charge >= 0.3 is 0 Å². The Hall–Kier alpha value is -0.320. The zero-order valence-corrected chi connectivity index (χ0v) is 15.8. The fourth-order valence-corrected chi connectivity index (χ4v) is 2.37. The van der Waals surface area contributed by atoms with E-state index in [4.69, 9.17) is 33.2 Å². The minimum absolute atomic E-state index is 0.269. The molecule has 1 aliphatic rings. The van der Waals surface area contributed by atoms with Crippen LogP contribution in [0.15, 0.2) is 0 Å². The van der Waals surface area contributed by atoms with Crippen LogP contribution < -0.4 is 4.90 Å². The molecule has 0 bridgehead atoms. The molecule has 1 N–H and O–H groups in total. The Morgan fingerprint density at radius 2 is 1.36 bits per heavy atom. The van der Waals surface area contributed by atoms with Gasteiger partial charge in [0.05, 0.1) is 66.1 Å². The predicted octanol–water partition coefficient (Wildman–Crippen LogP) is -1.02. The highest BCUT2D eigenvalue weighted by atomic mass is 16.7. The highest BCUT2D eigenvalue weighted by Crippen LogP contribution is 2.02. The first kappa shape index (κ1) is 22.7. The summed E-state index contributed by atoms with van der Waals surface area (Å²) in [5.41, 5.74) is 0. The molecule has 1 saturated heterocycles. The number of rotatable bonds is 17. The molecule has 0 spiro atoms. The highest BCUT2D eigenvalue weighted by Gasteiger charge is 2.15. The summed E-state index contributed by atoms with van der Waals surface area (Å²) in [6.45, 7) is 9.36. The molecule has 8 heteroatoms. The molecular formula is C17H36NO7+. The SMILES string of the molecule is COCCOCCOC(CCOCCOC)OCC[NH+]1CCOCC1. The summed E-state index contributed by atoms with van der Waals surface area (Å²) in [5.74, 6) is 0. The molecule has 1 rings (SSSR count). The molecule has 0 aromatic carbocycles. The number of methoxy groups -OCH3 is 2. The highest BCUT2D eigenvalue weighted by molar-refractivity contribution is 4.47. The van der Waals surface area contributed by atoms with Crippen LogP contribution in [-0.2, 0) is 33.2 Å². The summed E-state index contributed by atoms with van der Waals surface area (Å²) in [6, 6.07) is 0. The molecule has 1 unspecified atom stereocenters. The van der Waals surface area contributed by atoms with Gasteiger partial charge in [0.1, 0.15) is 19.6 Å². The Bertz CT molecular complexity index is 278. The van der Waals surface area contributed by atoms with Crippen molar-refractivity contribution in [2.75, 3.05) is 99.9 Å². The van der Waals surface area contributed by atoms with Gasteiger partial charge in [-0.25, -0.2) is 0 Å². The van der Waals surface area contributed by atoms with Gasteiger partial charge < -0.3 is 38.1 Å². The number of ether oxygens (including phenoxy) is 7. The smallest absolute Gasteiger partial charge is 0.160 e. The van der Waals surface area contributed by atoms with E-state index in [-0.39, 0.29) is 6.29 Å². The number of nitrogens with one attached hydrogen (secondary N) is 1. The fraction of sp³-hybridized carbons (Fsp3) is 1.00. The fourth-order valence-electron chi connectivity index (χ4n) is 2.37. The van der Waals surface area contributed by atoms with Crippen LogP contribution in [0.2, 0.25) is 0 Å². The Labute approximate surface area is 151 Å². The molecule has 1 fully saturated rings. The lowest BCUT2D eigenvalue weighted by Crippen LogP contribution is -3.14. The number of hydrogen-bond acceptors (Lipinski definition) is 7. The third-order valence-electron chi connectivity index (χ3n) is 3.85. The normalized spacial score (nSPS) is 17.0. The third-order valence-corrected chi connectivity index (χ3v) is 3.85. The minimum Gasteiger partial charge on any atom is -0.382 e. The maximum Gasteiger partial charge on any atom is 0.160 e. The summed E-state index contributed by atoms with van der Waals surface area (Å²) in [5, 5.41) is 0. The quantitative estimate of drug-likeness (QED) is 0.261. The van der Waals surface area contributed by atoms with Crippen LogP contribution in [0.1, 0.15) is 6.42 Å². The largest absolute Gasteiger partial charge is 0.382 e. The molecule has 1 aliphatic heterocycles. The van der Waals surface area contributed by atoms with Crippen molar-refractivity contribution >= 4 is 0 Å². The average molecular weight is 366 g/mol. The van der Waals surface area contributed by atoms with Crippen LogP contribution in [-0.4, -0.2) is 106 Å². The number of morpholine rings is 1. The van der Waals surface area contributed by atoms with Gasteiger partial charge in [0.25, 0.3) is 0 Å². The van der Waals surface area contributed by atoms with E-state index in [0.717, 1.165) is 32.8 Å². The molecule has 1 heterocycles. The third kappa shape index (κ3) is 13.5. The van der Waals surface area contributed by atoms with Crippen molar-refractivity contribution in [2.24, 2.45) is 0 Å². The van der Waals surface area contributed by atoms with Crippen molar-refractivity contribution in [3.8, 4) is 0 Å². The van der Waals surface area contributed by atoms with Crippen molar-refractivity contribution in [3.05, 3.63) is 0 Å². The van der Waals surface area contributed by atoms with E-state index in [1.807, 2.05) is 0 Å². The Morgan fingerprint density at radius 1 is 0.760 bits per heavy atom. The Balaban J connectivity index is 2.13. The van der Waals surface area contributed by atoms with Gasteiger partial charge in [-0.3, -0.25) is 0 Å². The van der Waals surface area contributed by atoms with Gasteiger partial charge in [0.15, 0.2) is 6.29 Å². The van der Waals surface area contributed by atoms with Crippen molar-refractivity contribution in [3.63, 3.8) is 0 Å². The van der Waals surface area contributed by atoms with E-state index in [1.165, 1.54) is 4.90 Å².